The van der Waals surface area contributed by atoms with Crippen LogP contribution in [-0.4, -0.2) is 13.4 Å². The normalized spacial score (nSPS) is 11.5. The van der Waals surface area contributed by atoms with Crippen LogP contribution in [0.3, 0.4) is 0 Å². The van der Waals surface area contributed by atoms with E-state index < -0.39 is 15.8 Å². The summed E-state index contributed by atoms with van der Waals surface area (Å²) in [7, 11) is -3.81. The lowest BCUT2D eigenvalue weighted by Gasteiger charge is -2.09. The van der Waals surface area contributed by atoms with Crippen LogP contribution in [0.2, 0.25) is 0 Å². The first-order valence-corrected chi connectivity index (χ1v) is 8.27. The van der Waals surface area contributed by atoms with E-state index in [2.05, 4.69) is 9.71 Å². The third kappa shape index (κ3) is 3.46. The van der Waals surface area contributed by atoms with Crippen LogP contribution >= 0.6 is 0 Å². The molecule has 2 heterocycles. The molecule has 3 rings (SSSR count). The molecule has 0 radical (unpaired) electrons. The molecule has 0 fully saturated rings. The van der Waals surface area contributed by atoms with E-state index in [1.807, 2.05) is 0 Å². The number of aromatic nitrogens is 1. The Balaban J connectivity index is 1.84. The second-order valence-corrected chi connectivity index (χ2v) is 6.54. The minimum atomic E-state index is -3.81. The van der Waals surface area contributed by atoms with E-state index in [1.54, 1.807) is 30.5 Å². The van der Waals surface area contributed by atoms with Crippen LogP contribution < -0.4 is 4.72 Å². The molecule has 5 nitrogen and oxygen atoms in total. The molecule has 1 N–H and O–H groups in total. The number of nitrogens with zero attached hydrogens (tertiary/aromatic N) is 1. The summed E-state index contributed by atoms with van der Waals surface area (Å²) in [5, 5.41) is 0. The van der Waals surface area contributed by atoms with E-state index in [-0.39, 0.29) is 11.4 Å². The number of halogens is 1. The summed E-state index contributed by atoms with van der Waals surface area (Å²) >= 11 is 0. The molecular formula is C16H13FN2O3S. The average molecular weight is 332 g/mol. The largest absolute Gasteiger partial charge is 0.463 e. The monoisotopic (exact) mass is 332 g/mol. The predicted molar refractivity (Wildman–Crippen MR) is 82.4 cm³/mol. The van der Waals surface area contributed by atoms with Crippen LogP contribution in [-0.2, 0) is 16.6 Å². The lowest BCUT2D eigenvalue weighted by atomic mass is 10.1. The Labute approximate surface area is 132 Å². The molecule has 0 amide bonds. The molecule has 0 aliphatic heterocycles. The van der Waals surface area contributed by atoms with Crippen molar-refractivity contribution in [2.75, 3.05) is 0 Å². The van der Waals surface area contributed by atoms with E-state index in [0.717, 1.165) is 6.07 Å². The third-order valence-corrected chi connectivity index (χ3v) is 4.60. The summed E-state index contributed by atoms with van der Waals surface area (Å²) < 4.78 is 45.4. The van der Waals surface area contributed by atoms with Crippen molar-refractivity contribution in [3.63, 3.8) is 0 Å². The maximum atomic E-state index is 13.2. The highest BCUT2D eigenvalue weighted by molar-refractivity contribution is 7.89. The van der Waals surface area contributed by atoms with Gasteiger partial charge in [0, 0.05) is 12.7 Å². The van der Waals surface area contributed by atoms with Crippen molar-refractivity contribution in [3.8, 4) is 11.5 Å². The standard InChI is InChI=1S/C16H13FN2O3S/c17-13-5-1-6-14(10-13)23(20,21)19-11-12-4-2-8-18-16(12)15-7-3-9-22-15/h1-10,19H,11H2. The molecule has 0 aliphatic rings. The minimum absolute atomic E-state index is 0.0166. The smallest absolute Gasteiger partial charge is 0.240 e. The number of benzene rings is 1. The van der Waals surface area contributed by atoms with E-state index in [4.69, 9.17) is 4.42 Å². The second kappa shape index (κ2) is 6.31. The van der Waals surface area contributed by atoms with Gasteiger partial charge in [-0.05, 0) is 42.0 Å². The van der Waals surface area contributed by atoms with Crippen LogP contribution in [0.1, 0.15) is 5.56 Å². The maximum absolute atomic E-state index is 13.2. The van der Waals surface area contributed by atoms with Crippen molar-refractivity contribution in [2.24, 2.45) is 0 Å². The van der Waals surface area contributed by atoms with Crippen LogP contribution in [0.25, 0.3) is 11.5 Å². The van der Waals surface area contributed by atoms with Gasteiger partial charge in [-0.1, -0.05) is 12.1 Å². The molecule has 0 unspecified atom stereocenters. The molecule has 0 saturated heterocycles. The summed E-state index contributed by atoms with van der Waals surface area (Å²) in [4.78, 5) is 4.10. The minimum Gasteiger partial charge on any atom is -0.463 e. The van der Waals surface area contributed by atoms with E-state index in [9.17, 15) is 12.8 Å². The first-order valence-electron chi connectivity index (χ1n) is 6.79. The lowest BCUT2D eigenvalue weighted by Crippen LogP contribution is -2.23. The Morgan fingerprint density at radius 1 is 1.13 bits per heavy atom. The Morgan fingerprint density at radius 2 is 2.00 bits per heavy atom. The van der Waals surface area contributed by atoms with E-state index in [1.165, 1.54) is 24.5 Å². The van der Waals surface area contributed by atoms with Crippen molar-refractivity contribution in [1.29, 1.82) is 0 Å². The van der Waals surface area contributed by atoms with Crippen molar-refractivity contribution in [2.45, 2.75) is 11.4 Å². The topological polar surface area (TPSA) is 72.2 Å². The van der Waals surface area contributed by atoms with Gasteiger partial charge in [-0.3, -0.25) is 4.98 Å². The van der Waals surface area contributed by atoms with Gasteiger partial charge in [0.05, 0.1) is 11.2 Å². The molecule has 0 saturated carbocycles. The molecular weight excluding hydrogens is 319 g/mol. The summed E-state index contributed by atoms with van der Waals surface area (Å²) in [6.45, 7) is 0.0166. The number of hydrogen-bond donors (Lipinski definition) is 1. The maximum Gasteiger partial charge on any atom is 0.240 e. The zero-order valence-electron chi connectivity index (χ0n) is 11.9. The second-order valence-electron chi connectivity index (χ2n) is 4.77. The highest BCUT2D eigenvalue weighted by atomic mass is 32.2. The van der Waals surface area contributed by atoms with Crippen molar-refractivity contribution in [1.82, 2.24) is 9.71 Å². The van der Waals surface area contributed by atoms with E-state index >= 15 is 0 Å². The predicted octanol–water partition coefficient (Wildman–Crippen LogP) is 2.96. The molecule has 0 bridgehead atoms. The number of hydrogen-bond acceptors (Lipinski definition) is 4. The first-order chi connectivity index (χ1) is 11.1. The lowest BCUT2D eigenvalue weighted by molar-refractivity contribution is 0.573. The summed E-state index contributed by atoms with van der Waals surface area (Å²) in [6, 6.07) is 11.8. The zero-order chi connectivity index (χ0) is 16.3. The number of nitrogens with one attached hydrogen (secondary N) is 1. The molecule has 7 heteroatoms. The van der Waals surface area contributed by atoms with Crippen molar-refractivity contribution in [3.05, 3.63) is 72.4 Å². The fraction of sp³-hybridized carbons (Fsp3) is 0.0625. The Bertz CT molecular complexity index is 909. The molecule has 0 atom stereocenters. The van der Waals surface area contributed by atoms with Crippen LogP contribution in [0.5, 0.6) is 0 Å². The van der Waals surface area contributed by atoms with Gasteiger partial charge in [-0.15, -0.1) is 0 Å². The average Bonchev–Trinajstić information content (AvgIpc) is 3.08. The molecule has 1 aromatic carbocycles. The first kappa shape index (κ1) is 15.4. The Hall–Kier alpha value is -2.51. The molecule has 0 spiro atoms. The van der Waals surface area contributed by atoms with Gasteiger partial charge in [-0.25, -0.2) is 17.5 Å². The molecule has 23 heavy (non-hydrogen) atoms. The van der Waals surface area contributed by atoms with E-state index in [0.29, 0.717) is 17.0 Å². The highest BCUT2D eigenvalue weighted by Gasteiger charge is 2.16. The van der Waals surface area contributed by atoms with Gasteiger partial charge < -0.3 is 4.42 Å². The van der Waals surface area contributed by atoms with Crippen LogP contribution in [0.15, 0.2) is 70.3 Å². The molecule has 118 valence electrons. The van der Waals surface area contributed by atoms with Gasteiger partial charge >= 0.3 is 0 Å². The van der Waals surface area contributed by atoms with Crippen molar-refractivity contribution < 1.29 is 17.2 Å². The van der Waals surface area contributed by atoms with Crippen molar-refractivity contribution >= 4 is 10.0 Å². The number of pyridine rings is 1. The van der Waals surface area contributed by atoms with Gasteiger partial charge in [-0.2, -0.15) is 0 Å². The quantitative estimate of drug-likeness (QED) is 0.780. The highest BCUT2D eigenvalue weighted by Crippen LogP contribution is 2.22. The fourth-order valence-corrected chi connectivity index (χ4v) is 3.14. The number of sulfonamides is 1. The summed E-state index contributed by atoms with van der Waals surface area (Å²) in [6.07, 6.45) is 3.12. The van der Waals surface area contributed by atoms with Gasteiger partial charge in [0.15, 0.2) is 5.76 Å². The Kier molecular flexibility index (Phi) is 4.22. The fourth-order valence-electron chi connectivity index (χ4n) is 2.11. The zero-order valence-corrected chi connectivity index (χ0v) is 12.8. The SMILES string of the molecule is O=S(=O)(NCc1cccnc1-c1ccco1)c1cccc(F)c1. The van der Waals surface area contributed by atoms with Crippen LogP contribution in [0.4, 0.5) is 4.39 Å². The number of rotatable bonds is 5. The number of furan rings is 1. The molecule has 3 aromatic rings. The van der Waals surface area contributed by atoms with Gasteiger partial charge in [0.2, 0.25) is 10.0 Å². The third-order valence-electron chi connectivity index (χ3n) is 3.20. The van der Waals surface area contributed by atoms with Gasteiger partial charge in [0.1, 0.15) is 11.5 Å². The van der Waals surface area contributed by atoms with Gasteiger partial charge in [0.25, 0.3) is 0 Å². The van der Waals surface area contributed by atoms with Crippen LogP contribution in [0, 0.1) is 5.82 Å². The molecule has 2 aromatic heterocycles. The molecule has 0 aliphatic carbocycles. The summed E-state index contributed by atoms with van der Waals surface area (Å²) in [5.41, 5.74) is 1.21. The Morgan fingerprint density at radius 3 is 2.74 bits per heavy atom. The summed E-state index contributed by atoms with van der Waals surface area (Å²) in [5.74, 6) is -0.0592.